The first-order valence-corrected chi connectivity index (χ1v) is 7.35. The van der Waals surface area contributed by atoms with Crippen LogP contribution in [0.25, 0.3) is 0 Å². The largest absolute Gasteiger partial charge is 0.508 e. The Morgan fingerprint density at radius 1 is 1.14 bits per heavy atom. The van der Waals surface area contributed by atoms with Crippen LogP contribution in [0, 0.1) is 11.3 Å². The van der Waals surface area contributed by atoms with E-state index in [1.165, 1.54) is 6.07 Å². The molecule has 4 N–H and O–H groups in total. The molecule has 0 aliphatic rings. The van der Waals surface area contributed by atoms with Crippen molar-refractivity contribution in [3.05, 3.63) is 53.1 Å². The lowest BCUT2D eigenvalue weighted by molar-refractivity contribution is 0.473. The monoisotopic (exact) mass is 318 g/mol. The second-order valence-electron chi connectivity index (χ2n) is 5.35. The smallest absolute Gasteiger partial charge is 0.140 e. The van der Waals surface area contributed by atoms with Crippen molar-refractivity contribution < 1.29 is 10.2 Å². The van der Waals surface area contributed by atoms with Crippen LogP contribution in [0.1, 0.15) is 25.5 Å². The maximum absolute atomic E-state index is 10.0. The third-order valence-corrected chi connectivity index (χ3v) is 3.94. The maximum atomic E-state index is 10.0. The van der Waals surface area contributed by atoms with Crippen LogP contribution in [0.15, 0.2) is 42.5 Å². The van der Waals surface area contributed by atoms with E-state index in [4.69, 9.17) is 17.0 Å². The Bertz CT molecular complexity index is 671. The number of phenols is 2. The molecular formula is C17H19ClN2O2. The number of anilines is 1. The van der Waals surface area contributed by atoms with Gasteiger partial charge in [0.2, 0.25) is 0 Å². The van der Waals surface area contributed by atoms with E-state index in [1.54, 1.807) is 43.3 Å². The number of hydrogen-bond donors (Lipinski definition) is 4. The number of nitrogens with one attached hydrogen (secondary N) is 2. The number of rotatable bonds is 5. The van der Waals surface area contributed by atoms with Gasteiger partial charge in [0.15, 0.2) is 0 Å². The number of halogens is 1. The predicted molar refractivity (Wildman–Crippen MR) is 90.2 cm³/mol. The first kappa shape index (κ1) is 16.2. The first-order valence-electron chi connectivity index (χ1n) is 6.97. The van der Waals surface area contributed by atoms with Gasteiger partial charge in [0.05, 0.1) is 11.7 Å². The molecule has 0 aromatic heterocycles. The van der Waals surface area contributed by atoms with Gasteiger partial charge in [-0.1, -0.05) is 30.7 Å². The molecule has 0 aliphatic heterocycles. The molecule has 2 atom stereocenters. The van der Waals surface area contributed by atoms with Crippen LogP contribution >= 0.6 is 11.6 Å². The summed E-state index contributed by atoms with van der Waals surface area (Å²) in [6, 6.07) is 11.5. The third kappa shape index (κ3) is 3.71. The van der Waals surface area contributed by atoms with Crippen molar-refractivity contribution >= 4 is 23.0 Å². The molecule has 5 heteroatoms. The molecule has 0 bridgehead atoms. The summed E-state index contributed by atoms with van der Waals surface area (Å²) in [5.74, 6) is 0.168. The standard InChI is InChI=1S/C17H19ClN2O2/c1-10(11(2)19)17(12-3-6-14(21)7-4-12)20-15-8-5-13(18)9-16(15)22/h3-10,17,19-22H,1-2H3. The van der Waals surface area contributed by atoms with E-state index in [2.05, 4.69) is 5.32 Å². The van der Waals surface area contributed by atoms with Gasteiger partial charge in [-0.25, -0.2) is 0 Å². The van der Waals surface area contributed by atoms with Gasteiger partial charge >= 0.3 is 0 Å². The van der Waals surface area contributed by atoms with Gasteiger partial charge in [-0.2, -0.15) is 0 Å². The number of phenolic OH excluding ortho intramolecular Hbond substituents is 2. The highest BCUT2D eigenvalue weighted by atomic mass is 35.5. The van der Waals surface area contributed by atoms with Gasteiger partial charge < -0.3 is 20.9 Å². The average Bonchev–Trinajstić information content (AvgIpc) is 2.47. The van der Waals surface area contributed by atoms with E-state index in [0.717, 1.165) is 5.56 Å². The van der Waals surface area contributed by atoms with Crippen LogP contribution in [0.5, 0.6) is 11.5 Å². The van der Waals surface area contributed by atoms with Crippen LogP contribution < -0.4 is 5.32 Å². The lowest BCUT2D eigenvalue weighted by atomic mass is 9.91. The van der Waals surface area contributed by atoms with Crippen molar-refractivity contribution in [2.45, 2.75) is 19.9 Å². The van der Waals surface area contributed by atoms with Gasteiger partial charge in [-0.3, -0.25) is 0 Å². The van der Waals surface area contributed by atoms with E-state index in [0.29, 0.717) is 16.4 Å². The van der Waals surface area contributed by atoms with E-state index in [1.807, 2.05) is 6.92 Å². The molecule has 0 spiro atoms. The summed E-state index contributed by atoms with van der Waals surface area (Å²) in [4.78, 5) is 0. The van der Waals surface area contributed by atoms with Gasteiger partial charge in [-0.15, -0.1) is 0 Å². The van der Waals surface area contributed by atoms with Crippen molar-refractivity contribution in [1.29, 1.82) is 5.41 Å². The molecule has 0 saturated heterocycles. The van der Waals surface area contributed by atoms with Crippen molar-refractivity contribution in [1.82, 2.24) is 0 Å². The maximum Gasteiger partial charge on any atom is 0.140 e. The molecule has 0 fully saturated rings. The minimum atomic E-state index is -0.204. The molecule has 2 unspecified atom stereocenters. The fraction of sp³-hybridized carbons (Fsp3) is 0.235. The van der Waals surface area contributed by atoms with Crippen LogP contribution in [-0.2, 0) is 0 Å². The molecule has 2 aromatic rings. The highest BCUT2D eigenvalue weighted by molar-refractivity contribution is 6.30. The van der Waals surface area contributed by atoms with Crippen molar-refractivity contribution in [3.8, 4) is 11.5 Å². The molecule has 22 heavy (non-hydrogen) atoms. The van der Waals surface area contributed by atoms with E-state index >= 15 is 0 Å². The quantitative estimate of drug-likeness (QED) is 0.481. The minimum absolute atomic E-state index is 0.0612. The predicted octanol–water partition coefficient (Wildman–Crippen LogP) is 4.58. The molecule has 0 aliphatic carbocycles. The summed E-state index contributed by atoms with van der Waals surface area (Å²) in [5.41, 5.74) is 2.00. The zero-order valence-electron chi connectivity index (χ0n) is 12.5. The molecule has 0 radical (unpaired) electrons. The molecule has 0 saturated carbocycles. The highest BCUT2D eigenvalue weighted by Crippen LogP contribution is 2.33. The second-order valence-corrected chi connectivity index (χ2v) is 5.78. The lowest BCUT2D eigenvalue weighted by Gasteiger charge is -2.26. The third-order valence-electron chi connectivity index (χ3n) is 3.71. The van der Waals surface area contributed by atoms with Gasteiger partial charge in [0.25, 0.3) is 0 Å². The number of hydrogen-bond acceptors (Lipinski definition) is 4. The fourth-order valence-corrected chi connectivity index (χ4v) is 2.39. The van der Waals surface area contributed by atoms with Crippen molar-refractivity contribution in [2.24, 2.45) is 5.92 Å². The Morgan fingerprint density at radius 2 is 1.77 bits per heavy atom. The Labute approximate surface area is 134 Å². The normalized spacial score (nSPS) is 13.4. The molecular weight excluding hydrogens is 300 g/mol. The Hall–Kier alpha value is -2.20. The molecule has 2 aromatic carbocycles. The summed E-state index contributed by atoms with van der Waals surface area (Å²) >= 11 is 5.85. The average molecular weight is 319 g/mol. The molecule has 2 rings (SSSR count). The fourth-order valence-electron chi connectivity index (χ4n) is 2.22. The van der Waals surface area contributed by atoms with Crippen molar-refractivity contribution in [3.63, 3.8) is 0 Å². The highest BCUT2D eigenvalue weighted by Gasteiger charge is 2.22. The number of benzene rings is 2. The second kappa shape index (κ2) is 6.71. The van der Waals surface area contributed by atoms with E-state index < -0.39 is 0 Å². The van der Waals surface area contributed by atoms with Gasteiger partial charge in [-0.05, 0) is 36.8 Å². The summed E-state index contributed by atoms with van der Waals surface area (Å²) in [6.45, 7) is 3.70. The zero-order chi connectivity index (χ0) is 16.3. The van der Waals surface area contributed by atoms with E-state index in [-0.39, 0.29) is 23.5 Å². The van der Waals surface area contributed by atoms with Crippen molar-refractivity contribution in [2.75, 3.05) is 5.32 Å². The SMILES string of the molecule is CC(=N)C(C)C(Nc1ccc(Cl)cc1O)c1ccc(O)cc1. The first-order chi connectivity index (χ1) is 10.4. The molecule has 0 amide bonds. The zero-order valence-corrected chi connectivity index (χ0v) is 13.2. The molecule has 116 valence electrons. The van der Waals surface area contributed by atoms with E-state index in [9.17, 15) is 10.2 Å². The van der Waals surface area contributed by atoms with Crippen LogP contribution in [0.3, 0.4) is 0 Å². The Morgan fingerprint density at radius 3 is 2.32 bits per heavy atom. The van der Waals surface area contributed by atoms with Crippen LogP contribution in [0.2, 0.25) is 5.02 Å². The Kier molecular flexibility index (Phi) is 4.93. The summed E-state index contributed by atoms with van der Waals surface area (Å²) < 4.78 is 0. The topological polar surface area (TPSA) is 76.3 Å². The summed E-state index contributed by atoms with van der Waals surface area (Å²) in [7, 11) is 0. The van der Waals surface area contributed by atoms with Crippen LogP contribution in [0.4, 0.5) is 5.69 Å². The molecule has 0 heterocycles. The number of aromatic hydroxyl groups is 2. The Balaban J connectivity index is 2.36. The minimum Gasteiger partial charge on any atom is -0.508 e. The summed E-state index contributed by atoms with van der Waals surface area (Å²) in [5, 5.41) is 31.1. The van der Waals surface area contributed by atoms with Crippen LogP contribution in [-0.4, -0.2) is 15.9 Å². The van der Waals surface area contributed by atoms with Gasteiger partial charge in [0, 0.05) is 22.7 Å². The summed E-state index contributed by atoms with van der Waals surface area (Å²) in [6.07, 6.45) is 0. The molecule has 4 nitrogen and oxygen atoms in total. The lowest BCUT2D eigenvalue weighted by Crippen LogP contribution is -2.23. The van der Waals surface area contributed by atoms with Gasteiger partial charge in [0.1, 0.15) is 11.5 Å².